The van der Waals surface area contributed by atoms with Gasteiger partial charge in [-0.2, -0.15) is 0 Å². The van der Waals surface area contributed by atoms with Crippen molar-refractivity contribution in [3.63, 3.8) is 0 Å². The monoisotopic (exact) mass is 466 g/mol. The summed E-state index contributed by atoms with van der Waals surface area (Å²) in [5.74, 6) is 0.771. The zero-order valence-corrected chi connectivity index (χ0v) is 19.0. The number of ether oxygens (including phenoxy) is 1. The van der Waals surface area contributed by atoms with Gasteiger partial charge in [0.05, 0.1) is 48.5 Å². The molecule has 5 N–H and O–H groups in total. The van der Waals surface area contributed by atoms with Crippen LogP contribution in [0.5, 0.6) is 5.88 Å². The van der Waals surface area contributed by atoms with Crippen molar-refractivity contribution in [1.82, 2.24) is 20.3 Å². The molecule has 10 heteroatoms. The fourth-order valence-corrected chi connectivity index (χ4v) is 4.05. The van der Waals surface area contributed by atoms with Gasteiger partial charge >= 0.3 is 0 Å². The number of anilines is 1. The Morgan fingerprint density at radius 1 is 1.26 bits per heavy atom. The molecule has 2 atom stereocenters. The first-order chi connectivity index (χ1) is 16.4. The van der Waals surface area contributed by atoms with Gasteiger partial charge in [-0.3, -0.25) is 4.99 Å². The predicted octanol–water partition coefficient (Wildman–Crippen LogP) is 1.95. The van der Waals surface area contributed by atoms with E-state index in [0.717, 1.165) is 16.8 Å². The average molecular weight is 467 g/mol. The molecule has 0 radical (unpaired) electrons. The summed E-state index contributed by atoms with van der Waals surface area (Å²) in [6, 6.07) is 9.60. The Labute approximate surface area is 196 Å². The minimum absolute atomic E-state index is 0.167. The molecule has 0 fully saturated rings. The summed E-state index contributed by atoms with van der Waals surface area (Å²) in [7, 11) is 1.53. The molecule has 2 aromatic heterocycles. The SMILES string of the molecule is COc1cccc(-c2cc(F)ccc2[C@H]2Cc3nc(N)nc(C)c3C(=NCC[C@H](O)CO)N2)n1. The summed E-state index contributed by atoms with van der Waals surface area (Å²) in [6.45, 7) is 1.79. The van der Waals surface area contributed by atoms with Crippen LogP contribution in [0.15, 0.2) is 41.4 Å². The molecule has 1 aliphatic heterocycles. The number of nitrogen functional groups attached to an aromatic ring is 1. The van der Waals surface area contributed by atoms with E-state index < -0.39 is 6.10 Å². The molecule has 178 valence electrons. The largest absolute Gasteiger partial charge is 0.481 e. The van der Waals surface area contributed by atoms with Crippen LogP contribution in [-0.4, -0.2) is 57.4 Å². The van der Waals surface area contributed by atoms with Crippen LogP contribution in [-0.2, 0) is 6.42 Å². The molecule has 3 aromatic rings. The summed E-state index contributed by atoms with van der Waals surface area (Å²) >= 11 is 0. The van der Waals surface area contributed by atoms with E-state index in [2.05, 4.69) is 25.3 Å². The average Bonchev–Trinajstić information content (AvgIpc) is 2.83. The van der Waals surface area contributed by atoms with Gasteiger partial charge in [0.15, 0.2) is 0 Å². The molecule has 4 rings (SSSR count). The molecule has 0 unspecified atom stereocenters. The number of aliphatic hydroxyl groups is 2. The Balaban J connectivity index is 1.77. The van der Waals surface area contributed by atoms with E-state index in [1.165, 1.54) is 19.2 Å². The van der Waals surface area contributed by atoms with Gasteiger partial charge in [0.2, 0.25) is 11.8 Å². The maximum Gasteiger partial charge on any atom is 0.220 e. The van der Waals surface area contributed by atoms with Gasteiger partial charge in [-0.25, -0.2) is 19.3 Å². The third-order valence-corrected chi connectivity index (χ3v) is 5.67. The third-order valence-electron chi connectivity index (χ3n) is 5.67. The van der Waals surface area contributed by atoms with Gasteiger partial charge in [-0.15, -0.1) is 0 Å². The van der Waals surface area contributed by atoms with E-state index in [4.69, 9.17) is 15.6 Å². The number of amidine groups is 1. The summed E-state index contributed by atoms with van der Waals surface area (Å²) in [4.78, 5) is 17.8. The molecule has 1 aliphatic rings. The maximum atomic E-state index is 14.3. The van der Waals surface area contributed by atoms with Crippen molar-refractivity contribution >= 4 is 11.8 Å². The van der Waals surface area contributed by atoms with Crippen LogP contribution < -0.4 is 15.8 Å². The molecule has 0 amide bonds. The van der Waals surface area contributed by atoms with Gasteiger partial charge in [0, 0.05) is 24.6 Å². The number of nitrogens with one attached hydrogen (secondary N) is 1. The van der Waals surface area contributed by atoms with E-state index in [-0.39, 0.29) is 31.0 Å². The predicted molar refractivity (Wildman–Crippen MR) is 126 cm³/mol. The fourth-order valence-electron chi connectivity index (χ4n) is 4.05. The van der Waals surface area contributed by atoms with Crippen molar-refractivity contribution in [2.75, 3.05) is 26.0 Å². The first-order valence-corrected chi connectivity index (χ1v) is 10.9. The number of benzene rings is 1. The first-order valence-electron chi connectivity index (χ1n) is 10.9. The number of fused-ring (bicyclic) bond motifs is 1. The van der Waals surface area contributed by atoms with Crippen LogP contribution >= 0.6 is 0 Å². The molecule has 0 aliphatic carbocycles. The van der Waals surface area contributed by atoms with E-state index in [1.807, 2.05) is 6.92 Å². The van der Waals surface area contributed by atoms with E-state index in [1.54, 1.807) is 24.3 Å². The lowest BCUT2D eigenvalue weighted by Crippen LogP contribution is -2.38. The first kappa shape index (κ1) is 23.5. The van der Waals surface area contributed by atoms with Crippen LogP contribution in [0.4, 0.5) is 10.3 Å². The normalized spacial score (nSPS) is 17.2. The van der Waals surface area contributed by atoms with Crippen molar-refractivity contribution < 1.29 is 19.3 Å². The maximum absolute atomic E-state index is 14.3. The second-order valence-corrected chi connectivity index (χ2v) is 8.04. The fraction of sp³-hybridized carbons (Fsp3) is 0.333. The van der Waals surface area contributed by atoms with Crippen molar-refractivity contribution in [3.8, 4) is 17.1 Å². The second-order valence-electron chi connectivity index (χ2n) is 8.04. The van der Waals surface area contributed by atoms with E-state index in [9.17, 15) is 9.50 Å². The Hall–Kier alpha value is -3.63. The third kappa shape index (κ3) is 4.97. The van der Waals surface area contributed by atoms with Gasteiger partial charge in [0.1, 0.15) is 11.7 Å². The zero-order chi connectivity index (χ0) is 24.2. The highest BCUT2D eigenvalue weighted by Crippen LogP contribution is 2.34. The molecular weight excluding hydrogens is 439 g/mol. The van der Waals surface area contributed by atoms with Gasteiger partial charge in [-0.1, -0.05) is 12.1 Å². The molecule has 0 spiro atoms. The number of rotatable bonds is 7. The quantitative estimate of drug-likeness (QED) is 0.414. The zero-order valence-electron chi connectivity index (χ0n) is 19.0. The standard InChI is InChI=1S/C24H27FN6O3/c1-13-22-20(31-24(26)28-13)11-19(30-23(22)27-9-8-15(33)12-32)16-7-6-14(25)10-17(16)18-4-3-5-21(29-18)34-2/h3-7,10,15,19,32-33H,8-9,11-12H2,1-2H3,(H,27,30)(H2,26,28,31)/t15-,19+/m0/s1. The number of methoxy groups -OCH3 is 1. The summed E-state index contributed by atoms with van der Waals surface area (Å²) in [5.41, 5.74) is 10.1. The molecule has 0 saturated heterocycles. The van der Waals surface area contributed by atoms with Gasteiger partial charge < -0.3 is 26.0 Å². The number of aliphatic imine (C=N–C) groups is 1. The van der Waals surface area contributed by atoms with Gasteiger partial charge in [-0.05, 0) is 37.1 Å². The Morgan fingerprint density at radius 2 is 2.09 bits per heavy atom. The highest BCUT2D eigenvalue weighted by molar-refractivity contribution is 6.02. The smallest absolute Gasteiger partial charge is 0.220 e. The number of aromatic nitrogens is 3. The molecule has 1 aromatic carbocycles. The topological polar surface area (TPSA) is 139 Å². The van der Waals surface area contributed by atoms with Crippen molar-refractivity contribution in [3.05, 3.63) is 64.7 Å². The highest BCUT2D eigenvalue weighted by atomic mass is 19.1. The number of nitrogens with two attached hydrogens (primary N) is 1. The minimum Gasteiger partial charge on any atom is -0.481 e. The number of hydrogen-bond donors (Lipinski definition) is 4. The second kappa shape index (κ2) is 10.1. The van der Waals surface area contributed by atoms with Crippen molar-refractivity contribution in [2.24, 2.45) is 4.99 Å². The number of pyridine rings is 1. The summed E-state index contributed by atoms with van der Waals surface area (Å²) < 4.78 is 19.5. The molecule has 9 nitrogen and oxygen atoms in total. The van der Waals surface area contributed by atoms with Crippen LogP contribution in [0.25, 0.3) is 11.3 Å². The lowest BCUT2D eigenvalue weighted by atomic mass is 9.90. The minimum atomic E-state index is -0.852. The summed E-state index contributed by atoms with van der Waals surface area (Å²) in [6.07, 6.45) is -0.0784. The van der Waals surface area contributed by atoms with Gasteiger partial charge in [0.25, 0.3) is 0 Å². The van der Waals surface area contributed by atoms with E-state index >= 15 is 0 Å². The van der Waals surface area contributed by atoms with Crippen LogP contribution in [0.3, 0.4) is 0 Å². The van der Waals surface area contributed by atoms with E-state index in [0.29, 0.717) is 41.5 Å². The lowest BCUT2D eigenvalue weighted by Gasteiger charge is -2.30. The molecule has 34 heavy (non-hydrogen) atoms. The van der Waals surface area contributed by atoms with Crippen molar-refractivity contribution in [2.45, 2.75) is 31.9 Å². The molecule has 0 saturated carbocycles. The Bertz CT molecular complexity index is 1220. The van der Waals surface area contributed by atoms with Crippen LogP contribution in [0.1, 0.15) is 35.0 Å². The van der Waals surface area contributed by atoms with Crippen LogP contribution in [0, 0.1) is 12.7 Å². The number of aryl methyl sites for hydroxylation is 1. The Kier molecular flexibility index (Phi) is 6.99. The number of nitrogens with zero attached hydrogens (tertiary/aromatic N) is 4. The van der Waals surface area contributed by atoms with Crippen LogP contribution in [0.2, 0.25) is 0 Å². The molecule has 3 heterocycles. The Morgan fingerprint density at radius 3 is 2.85 bits per heavy atom. The molecular formula is C24H27FN6O3. The number of hydrogen-bond acceptors (Lipinski definition) is 8. The highest BCUT2D eigenvalue weighted by Gasteiger charge is 2.29. The number of halogens is 1. The lowest BCUT2D eigenvalue weighted by molar-refractivity contribution is 0.0903. The summed E-state index contributed by atoms with van der Waals surface area (Å²) in [5, 5.41) is 22.2. The molecule has 0 bridgehead atoms. The van der Waals surface area contributed by atoms with Crippen molar-refractivity contribution in [1.29, 1.82) is 0 Å². The number of aliphatic hydroxyl groups excluding tert-OH is 2.